The van der Waals surface area contributed by atoms with Gasteiger partial charge in [0.05, 0.1) is 0 Å². The number of hydrogen-bond donors (Lipinski definition) is 0. The summed E-state index contributed by atoms with van der Waals surface area (Å²) in [5.74, 6) is 0.0101. The zero-order valence-corrected chi connectivity index (χ0v) is 12.4. The van der Waals surface area contributed by atoms with E-state index in [1.165, 1.54) is 0 Å². The van der Waals surface area contributed by atoms with Crippen LogP contribution >= 0.6 is 0 Å². The van der Waals surface area contributed by atoms with Crippen LogP contribution in [0.5, 0.6) is 0 Å². The van der Waals surface area contributed by atoms with Gasteiger partial charge in [-0.3, -0.25) is 9.78 Å². The summed E-state index contributed by atoms with van der Waals surface area (Å²) in [6.45, 7) is 0.570. The van der Waals surface area contributed by atoms with E-state index in [1.807, 2.05) is 72.5 Å². The number of carbonyl (C=O) groups excluding carboxylic acids is 1. The van der Waals surface area contributed by atoms with E-state index >= 15 is 0 Å². The van der Waals surface area contributed by atoms with Gasteiger partial charge in [-0.1, -0.05) is 0 Å². The molecule has 1 amide bonds. The molecular weight excluding hydrogens is 274 g/mol. The Morgan fingerprint density at radius 2 is 1.68 bits per heavy atom. The van der Waals surface area contributed by atoms with Crippen LogP contribution in [0.2, 0.25) is 0 Å². The Morgan fingerprint density at radius 3 is 2.32 bits per heavy atom. The van der Waals surface area contributed by atoms with Gasteiger partial charge in [0.1, 0.15) is 0 Å². The second-order valence-corrected chi connectivity index (χ2v) is 5.15. The quantitative estimate of drug-likeness (QED) is 0.740. The number of hydrogen-bond acceptors (Lipinski definition) is 2. The highest BCUT2D eigenvalue weighted by atomic mass is 16.2. The first-order valence-corrected chi connectivity index (χ1v) is 7.12. The summed E-state index contributed by atoms with van der Waals surface area (Å²) in [6.07, 6.45) is 7.43. The summed E-state index contributed by atoms with van der Waals surface area (Å²) in [4.78, 5) is 18.1. The molecule has 0 saturated heterocycles. The van der Waals surface area contributed by atoms with Crippen molar-refractivity contribution < 1.29 is 4.79 Å². The molecule has 0 aliphatic rings. The SMILES string of the molecule is CN(Cc1ccncc1)C(=O)c1ccc(-n2cccc2)cc1. The Bertz CT molecular complexity index is 734. The van der Waals surface area contributed by atoms with E-state index in [1.54, 1.807) is 17.3 Å². The van der Waals surface area contributed by atoms with Gasteiger partial charge in [0.2, 0.25) is 0 Å². The van der Waals surface area contributed by atoms with Gasteiger partial charge in [0.15, 0.2) is 0 Å². The lowest BCUT2D eigenvalue weighted by Gasteiger charge is -2.17. The Hall–Kier alpha value is -2.88. The fourth-order valence-corrected chi connectivity index (χ4v) is 2.34. The van der Waals surface area contributed by atoms with E-state index in [2.05, 4.69) is 4.98 Å². The fraction of sp³-hybridized carbons (Fsp3) is 0.111. The van der Waals surface area contributed by atoms with Crippen LogP contribution in [0.1, 0.15) is 15.9 Å². The largest absolute Gasteiger partial charge is 0.337 e. The molecule has 1 aromatic carbocycles. The molecule has 4 nitrogen and oxygen atoms in total. The van der Waals surface area contributed by atoms with Crippen molar-refractivity contribution in [3.63, 3.8) is 0 Å². The Kier molecular flexibility index (Phi) is 4.01. The highest BCUT2D eigenvalue weighted by Gasteiger charge is 2.12. The molecule has 0 fully saturated rings. The van der Waals surface area contributed by atoms with E-state index in [-0.39, 0.29) is 5.91 Å². The molecule has 0 saturated carbocycles. The van der Waals surface area contributed by atoms with E-state index in [0.29, 0.717) is 12.1 Å². The number of carbonyl (C=O) groups is 1. The predicted octanol–water partition coefficient (Wildman–Crippen LogP) is 3.14. The Morgan fingerprint density at radius 1 is 1.05 bits per heavy atom. The van der Waals surface area contributed by atoms with E-state index < -0.39 is 0 Å². The smallest absolute Gasteiger partial charge is 0.253 e. The normalized spacial score (nSPS) is 10.4. The van der Waals surface area contributed by atoms with E-state index in [9.17, 15) is 4.79 Å². The van der Waals surface area contributed by atoms with Gasteiger partial charge in [-0.05, 0) is 54.1 Å². The molecular formula is C18H17N3O. The standard InChI is InChI=1S/C18H17N3O/c1-20(14-15-8-10-19-11-9-15)18(22)16-4-6-17(7-5-16)21-12-2-3-13-21/h2-13H,14H2,1H3. The lowest BCUT2D eigenvalue weighted by atomic mass is 10.1. The monoisotopic (exact) mass is 291 g/mol. The van der Waals surface area contributed by atoms with Crippen LogP contribution in [0.25, 0.3) is 5.69 Å². The number of rotatable bonds is 4. The number of aromatic nitrogens is 2. The second kappa shape index (κ2) is 6.26. The predicted molar refractivity (Wildman–Crippen MR) is 85.8 cm³/mol. The average molecular weight is 291 g/mol. The molecule has 3 rings (SSSR count). The molecule has 22 heavy (non-hydrogen) atoms. The summed E-state index contributed by atoms with van der Waals surface area (Å²) in [7, 11) is 1.81. The number of nitrogens with zero attached hydrogens (tertiary/aromatic N) is 3. The van der Waals surface area contributed by atoms with Gasteiger partial charge < -0.3 is 9.47 Å². The third-order valence-electron chi connectivity index (χ3n) is 3.53. The zero-order chi connectivity index (χ0) is 15.4. The number of amides is 1. The van der Waals surface area contributed by atoms with Crippen LogP contribution in [-0.2, 0) is 6.54 Å². The highest BCUT2D eigenvalue weighted by Crippen LogP contribution is 2.12. The minimum Gasteiger partial charge on any atom is -0.337 e. The summed E-state index contributed by atoms with van der Waals surface area (Å²) >= 11 is 0. The summed E-state index contributed by atoms with van der Waals surface area (Å²) in [5, 5.41) is 0. The molecule has 4 heteroatoms. The van der Waals surface area contributed by atoms with Crippen LogP contribution in [0.15, 0.2) is 73.3 Å². The molecule has 0 atom stereocenters. The lowest BCUT2D eigenvalue weighted by molar-refractivity contribution is 0.0785. The maximum Gasteiger partial charge on any atom is 0.253 e. The molecule has 0 unspecified atom stereocenters. The van der Waals surface area contributed by atoms with Crippen LogP contribution in [0.3, 0.4) is 0 Å². The molecule has 0 bridgehead atoms. The third kappa shape index (κ3) is 3.06. The fourth-order valence-electron chi connectivity index (χ4n) is 2.34. The van der Waals surface area contributed by atoms with Crippen molar-refractivity contribution in [1.82, 2.24) is 14.5 Å². The van der Waals surface area contributed by atoms with Crippen molar-refractivity contribution in [2.45, 2.75) is 6.54 Å². The molecule has 0 aliphatic heterocycles. The molecule has 0 spiro atoms. The van der Waals surface area contributed by atoms with Gasteiger partial charge in [-0.15, -0.1) is 0 Å². The van der Waals surface area contributed by atoms with Crippen molar-refractivity contribution >= 4 is 5.91 Å². The van der Waals surface area contributed by atoms with Crippen LogP contribution in [-0.4, -0.2) is 27.4 Å². The molecule has 3 aromatic rings. The van der Waals surface area contributed by atoms with Crippen LogP contribution < -0.4 is 0 Å². The summed E-state index contributed by atoms with van der Waals surface area (Å²) in [6, 6.07) is 15.4. The third-order valence-corrected chi connectivity index (χ3v) is 3.53. The molecule has 0 N–H and O–H groups in total. The Labute approximate surface area is 129 Å². The van der Waals surface area contributed by atoms with E-state index in [0.717, 1.165) is 11.3 Å². The maximum atomic E-state index is 12.5. The molecule has 0 radical (unpaired) electrons. The van der Waals surface area contributed by atoms with Crippen molar-refractivity contribution in [3.05, 3.63) is 84.4 Å². The first-order valence-electron chi connectivity index (χ1n) is 7.12. The summed E-state index contributed by atoms with van der Waals surface area (Å²) < 4.78 is 2.01. The van der Waals surface area contributed by atoms with Crippen molar-refractivity contribution in [1.29, 1.82) is 0 Å². The highest BCUT2D eigenvalue weighted by molar-refractivity contribution is 5.94. The second-order valence-electron chi connectivity index (χ2n) is 5.15. The topological polar surface area (TPSA) is 38.1 Å². The minimum absolute atomic E-state index is 0.0101. The molecule has 2 aromatic heterocycles. The summed E-state index contributed by atoms with van der Waals surface area (Å²) in [5.41, 5.74) is 2.79. The van der Waals surface area contributed by atoms with Gasteiger partial charge in [0, 0.05) is 49.6 Å². The molecule has 0 aliphatic carbocycles. The lowest BCUT2D eigenvalue weighted by Crippen LogP contribution is -2.26. The van der Waals surface area contributed by atoms with Gasteiger partial charge in [-0.2, -0.15) is 0 Å². The first kappa shape index (κ1) is 14.1. The molecule has 2 heterocycles. The maximum absolute atomic E-state index is 12.5. The Balaban J connectivity index is 1.72. The van der Waals surface area contributed by atoms with Gasteiger partial charge in [-0.25, -0.2) is 0 Å². The zero-order valence-electron chi connectivity index (χ0n) is 12.4. The van der Waals surface area contributed by atoms with Gasteiger partial charge >= 0.3 is 0 Å². The van der Waals surface area contributed by atoms with Crippen molar-refractivity contribution in [2.24, 2.45) is 0 Å². The van der Waals surface area contributed by atoms with Crippen LogP contribution in [0.4, 0.5) is 0 Å². The number of pyridine rings is 1. The van der Waals surface area contributed by atoms with Gasteiger partial charge in [0.25, 0.3) is 5.91 Å². The van der Waals surface area contributed by atoms with Crippen molar-refractivity contribution in [2.75, 3.05) is 7.05 Å². The van der Waals surface area contributed by atoms with Crippen molar-refractivity contribution in [3.8, 4) is 5.69 Å². The van der Waals surface area contributed by atoms with Crippen LogP contribution in [0, 0.1) is 0 Å². The van der Waals surface area contributed by atoms with E-state index in [4.69, 9.17) is 0 Å². The first-order chi connectivity index (χ1) is 10.7. The average Bonchev–Trinajstić information content (AvgIpc) is 3.10. The minimum atomic E-state index is 0.0101. The number of benzene rings is 1. The molecule has 110 valence electrons.